The van der Waals surface area contributed by atoms with Gasteiger partial charge in [0.25, 0.3) is 0 Å². The van der Waals surface area contributed by atoms with Crippen LogP contribution in [0.5, 0.6) is 0 Å². The quantitative estimate of drug-likeness (QED) is 0.0808. The number of hydrogen-bond donors (Lipinski definition) is 2. The van der Waals surface area contributed by atoms with Crippen LogP contribution in [0.4, 0.5) is 0 Å². The molecule has 1 aromatic rings. The van der Waals surface area contributed by atoms with Gasteiger partial charge >= 0.3 is 128 Å². The van der Waals surface area contributed by atoms with E-state index in [0.29, 0.717) is 28.4 Å². The number of aliphatic hydroxyl groups excluding tert-OH is 1. The third kappa shape index (κ3) is 15.8. The summed E-state index contributed by atoms with van der Waals surface area (Å²) in [5, 5.41) is 11.6. The minimum absolute atomic E-state index is 0.486. The Morgan fingerprint density at radius 3 is 2.42 bits per heavy atom. The van der Waals surface area contributed by atoms with E-state index in [0.717, 1.165) is 25.5 Å². The number of rotatable bonds is 11. The molecule has 3 unspecified atom stereocenters. The molecule has 239 valence electrons. The Morgan fingerprint density at radius 1 is 1.21 bits per heavy atom. The average molecular weight is 672 g/mol. The molecule has 3 rings (SSSR count). The van der Waals surface area contributed by atoms with Crippen molar-refractivity contribution in [1.29, 1.82) is 0 Å². The molecule has 3 nitrogen and oxygen atoms in total. The number of benzene rings is 1. The SMILES string of the molecule is C=C.C=CC.C=CO.CCCCCc1cc(C)c(C2C=C(C)CCC2)c(CC(=S)OC/C=C/C2=C(C)NC(C(C)[Se])C2)c1. The molecule has 0 amide bonds. The number of aryl methyl sites for hydroxylation is 2. The molecule has 5 heteroatoms. The van der Waals surface area contributed by atoms with E-state index in [1.165, 1.54) is 77.6 Å². The molecule has 0 spiro atoms. The molecular formula is C38H58NO2SSe. The average Bonchev–Trinajstić information content (AvgIpc) is 3.34. The van der Waals surface area contributed by atoms with Crippen molar-refractivity contribution in [2.75, 3.05) is 6.61 Å². The van der Waals surface area contributed by atoms with Crippen LogP contribution in [0.25, 0.3) is 0 Å². The molecule has 3 atom stereocenters. The maximum absolute atomic E-state index is 7.33. The number of allylic oxidation sites excluding steroid dienone is 5. The zero-order valence-electron chi connectivity index (χ0n) is 27.8. The van der Waals surface area contributed by atoms with E-state index >= 15 is 0 Å². The second-order valence-corrected chi connectivity index (χ2v) is 13.1. The summed E-state index contributed by atoms with van der Waals surface area (Å²) >= 11 is 8.96. The zero-order chi connectivity index (χ0) is 32.8. The first-order valence-corrected chi connectivity index (χ1v) is 17.1. The Bertz CT molecular complexity index is 1080. The van der Waals surface area contributed by atoms with Crippen LogP contribution in [0.3, 0.4) is 0 Å². The van der Waals surface area contributed by atoms with E-state index in [1.807, 2.05) is 6.92 Å². The monoisotopic (exact) mass is 672 g/mol. The number of aliphatic hydroxyl groups is 1. The maximum atomic E-state index is 7.33. The molecule has 1 heterocycles. The number of ether oxygens (including phenoxy) is 1. The van der Waals surface area contributed by atoms with Crippen LogP contribution in [0.2, 0.25) is 4.82 Å². The van der Waals surface area contributed by atoms with Crippen molar-refractivity contribution >= 4 is 33.3 Å². The Labute approximate surface area is 278 Å². The molecule has 0 saturated heterocycles. The van der Waals surface area contributed by atoms with Crippen molar-refractivity contribution < 1.29 is 9.84 Å². The fraction of sp³-hybridized carbons (Fsp3) is 0.500. The molecule has 43 heavy (non-hydrogen) atoms. The number of unbranched alkanes of at least 4 members (excludes halogenated alkanes) is 2. The Hall–Kier alpha value is -2.33. The van der Waals surface area contributed by atoms with Gasteiger partial charge in [-0.2, -0.15) is 0 Å². The first-order chi connectivity index (χ1) is 20.6. The summed E-state index contributed by atoms with van der Waals surface area (Å²) in [5.41, 5.74) is 9.87. The van der Waals surface area contributed by atoms with E-state index in [2.05, 4.69) is 113 Å². The summed E-state index contributed by atoms with van der Waals surface area (Å²) in [6.45, 7) is 25.9. The standard InChI is InChI=1S/C31H44NOSSe.C3H6.C2H4O.C2H4/c1-6-7-8-12-25-17-22(3)31(27-13-9-11-21(2)16-27)28(18-25)20-30(34)33-15-10-14-26-19-29(24(5)35)32-23(26)4;1-3-2;1-2-3;1-2/h10,14,16-18,24,27,29,32H,6-9,11-13,15,19-20H2,1-5H3;3H,1H2,2H3;2-3H,1H2;1-2H2/b14-10+;;;. The first kappa shape index (κ1) is 40.7. The van der Waals surface area contributed by atoms with Gasteiger partial charge in [0, 0.05) is 5.92 Å². The van der Waals surface area contributed by atoms with Crippen molar-refractivity contribution in [3.8, 4) is 0 Å². The summed E-state index contributed by atoms with van der Waals surface area (Å²) in [6, 6.07) is 5.33. The van der Waals surface area contributed by atoms with E-state index in [-0.39, 0.29) is 0 Å². The molecule has 2 N–H and O–H groups in total. The van der Waals surface area contributed by atoms with Gasteiger partial charge in [-0.3, -0.25) is 0 Å². The third-order valence-electron chi connectivity index (χ3n) is 7.43. The molecule has 0 fully saturated rings. The third-order valence-corrected chi connectivity index (χ3v) is 8.38. The number of thiocarbonyl (C=S) groups is 1. The van der Waals surface area contributed by atoms with Crippen molar-refractivity contribution in [2.24, 2.45) is 0 Å². The van der Waals surface area contributed by atoms with Crippen molar-refractivity contribution in [2.45, 2.75) is 116 Å². The van der Waals surface area contributed by atoms with Gasteiger partial charge in [0.2, 0.25) is 0 Å². The Kier molecular flexibility index (Phi) is 22.7. The number of nitrogens with one attached hydrogen (secondary N) is 1. The summed E-state index contributed by atoms with van der Waals surface area (Å²) in [5.74, 6) is 0.502. The zero-order valence-corrected chi connectivity index (χ0v) is 30.4. The van der Waals surface area contributed by atoms with E-state index in [4.69, 9.17) is 22.1 Å². The van der Waals surface area contributed by atoms with Gasteiger partial charge in [-0.05, 0) is 64.0 Å². The van der Waals surface area contributed by atoms with Crippen LogP contribution >= 0.6 is 12.2 Å². The minimum atomic E-state index is 0.486. The van der Waals surface area contributed by atoms with Gasteiger partial charge in [0.1, 0.15) is 0 Å². The summed E-state index contributed by atoms with van der Waals surface area (Å²) < 4.78 is 6.04. The van der Waals surface area contributed by atoms with Gasteiger partial charge in [-0.1, -0.05) is 50.1 Å². The Morgan fingerprint density at radius 2 is 1.86 bits per heavy atom. The van der Waals surface area contributed by atoms with E-state index in [9.17, 15) is 0 Å². The molecule has 0 bridgehead atoms. The van der Waals surface area contributed by atoms with Crippen LogP contribution in [-0.2, 0) is 17.6 Å². The van der Waals surface area contributed by atoms with Crippen molar-refractivity contribution in [3.63, 3.8) is 0 Å². The molecule has 0 saturated carbocycles. The molecule has 0 aromatic heterocycles. The van der Waals surface area contributed by atoms with Crippen LogP contribution in [-0.4, -0.2) is 38.8 Å². The van der Waals surface area contributed by atoms with Gasteiger partial charge in [0.15, 0.2) is 0 Å². The second kappa shape index (κ2) is 24.0. The normalized spacial score (nSPS) is 18.0. The fourth-order valence-corrected chi connectivity index (χ4v) is 6.09. The predicted molar refractivity (Wildman–Crippen MR) is 196 cm³/mol. The molecule has 1 aromatic carbocycles. The predicted octanol–water partition coefficient (Wildman–Crippen LogP) is 10.7. The van der Waals surface area contributed by atoms with Gasteiger partial charge in [-0.25, -0.2) is 0 Å². The van der Waals surface area contributed by atoms with Crippen LogP contribution < -0.4 is 5.32 Å². The van der Waals surface area contributed by atoms with Crippen LogP contribution in [0.1, 0.15) is 108 Å². The summed E-state index contributed by atoms with van der Waals surface area (Å²) in [6.07, 6.45) is 19.8. The molecule has 1 aliphatic heterocycles. The summed E-state index contributed by atoms with van der Waals surface area (Å²) in [4.78, 5) is 0.512. The molecule has 1 aliphatic carbocycles. The van der Waals surface area contributed by atoms with Crippen LogP contribution in [0, 0.1) is 6.92 Å². The molecular weight excluding hydrogens is 613 g/mol. The fourth-order valence-electron chi connectivity index (χ4n) is 5.52. The molecule has 2 aliphatic rings. The summed E-state index contributed by atoms with van der Waals surface area (Å²) in [7, 11) is 0. The van der Waals surface area contributed by atoms with E-state index in [1.54, 1.807) is 6.08 Å². The second-order valence-electron chi connectivity index (χ2n) is 11.1. The van der Waals surface area contributed by atoms with Gasteiger partial charge in [0.05, 0.1) is 6.26 Å². The molecule has 1 radical (unpaired) electrons. The van der Waals surface area contributed by atoms with Crippen molar-refractivity contribution in [1.82, 2.24) is 5.32 Å². The topological polar surface area (TPSA) is 41.5 Å². The Balaban J connectivity index is 0.00000199. The van der Waals surface area contributed by atoms with E-state index < -0.39 is 0 Å². The van der Waals surface area contributed by atoms with Crippen molar-refractivity contribution in [3.05, 3.63) is 108 Å². The first-order valence-electron chi connectivity index (χ1n) is 15.7. The number of hydrogen-bond acceptors (Lipinski definition) is 4. The van der Waals surface area contributed by atoms with Gasteiger partial charge in [-0.15, -0.1) is 19.7 Å². The van der Waals surface area contributed by atoms with Crippen LogP contribution in [0.15, 0.2) is 85.9 Å². The van der Waals surface area contributed by atoms with Gasteiger partial charge < -0.3 is 5.11 Å².